The summed E-state index contributed by atoms with van der Waals surface area (Å²) in [6.45, 7) is 2.37. The van der Waals surface area contributed by atoms with Crippen LogP contribution in [0.4, 0.5) is 0 Å². The number of nitrogens with zero attached hydrogens (tertiary/aromatic N) is 2. The Kier molecular flexibility index (Phi) is 7.07. The van der Waals surface area contributed by atoms with Crippen molar-refractivity contribution < 1.29 is 24.5 Å². The summed E-state index contributed by atoms with van der Waals surface area (Å²) in [4.78, 5) is 30.1. The number of ether oxygens (including phenoxy) is 1. The van der Waals surface area contributed by atoms with E-state index < -0.39 is 5.97 Å². The lowest BCUT2D eigenvalue weighted by molar-refractivity contribution is 0.0691. The standard InChI is InChI=1S/C21H22N2O5S2/c1-13-17(24)8-15(9-18(13)28-2)20(25)23(6-3-4-14-5-7-29-11-14)10-19-22-16(12-30-19)21(26)27/h5,7-9,11-12,24H,3-4,6,10H2,1-2H3,(H,26,27). The van der Waals surface area contributed by atoms with Gasteiger partial charge in [0.05, 0.1) is 13.7 Å². The smallest absolute Gasteiger partial charge is 0.355 e. The van der Waals surface area contributed by atoms with Gasteiger partial charge in [0.1, 0.15) is 16.5 Å². The molecule has 0 aliphatic carbocycles. The second kappa shape index (κ2) is 9.73. The number of benzene rings is 1. The molecule has 1 amide bonds. The van der Waals surface area contributed by atoms with Crippen LogP contribution in [0.15, 0.2) is 34.3 Å². The van der Waals surface area contributed by atoms with Crippen molar-refractivity contribution in [3.63, 3.8) is 0 Å². The predicted octanol–water partition coefficient (Wildman–Crippen LogP) is 4.20. The van der Waals surface area contributed by atoms with Gasteiger partial charge in [-0.3, -0.25) is 4.79 Å². The highest BCUT2D eigenvalue weighted by atomic mass is 32.1. The lowest BCUT2D eigenvalue weighted by atomic mass is 10.1. The molecule has 0 radical (unpaired) electrons. The number of methoxy groups -OCH3 is 1. The van der Waals surface area contributed by atoms with Gasteiger partial charge in [0, 0.05) is 23.1 Å². The van der Waals surface area contributed by atoms with E-state index in [2.05, 4.69) is 16.4 Å². The summed E-state index contributed by atoms with van der Waals surface area (Å²) in [5.41, 5.74) is 2.05. The van der Waals surface area contributed by atoms with Gasteiger partial charge in [-0.25, -0.2) is 9.78 Å². The summed E-state index contributed by atoms with van der Waals surface area (Å²) in [6.07, 6.45) is 1.57. The van der Waals surface area contributed by atoms with E-state index in [-0.39, 0.29) is 23.9 Å². The fourth-order valence-electron chi connectivity index (χ4n) is 3.00. The largest absolute Gasteiger partial charge is 0.508 e. The number of hydrogen-bond acceptors (Lipinski definition) is 7. The average molecular weight is 447 g/mol. The van der Waals surface area contributed by atoms with E-state index in [1.807, 2.05) is 5.38 Å². The fourth-order valence-corrected chi connectivity index (χ4v) is 4.48. The summed E-state index contributed by atoms with van der Waals surface area (Å²) in [5.74, 6) is -0.959. The fraction of sp³-hybridized carbons (Fsp3) is 0.286. The third-order valence-corrected chi connectivity index (χ3v) is 6.22. The number of carbonyl (C=O) groups is 2. The maximum Gasteiger partial charge on any atom is 0.355 e. The molecule has 0 aliphatic heterocycles. The number of carboxylic acids is 1. The van der Waals surface area contributed by atoms with Crippen LogP contribution in [0.25, 0.3) is 0 Å². The number of aryl methyl sites for hydroxylation is 1. The van der Waals surface area contributed by atoms with Crippen molar-refractivity contribution >= 4 is 34.6 Å². The molecule has 158 valence electrons. The van der Waals surface area contributed by atoms with Gasteiger partial charge in [0.25, 0.3) is 5.91 Å². The second-order valence-electron chi connectivity index (χ2n) is 6.72. The predicted molar refractivity (Wildman–Crippen MR) is 116 cm³/mol. The van der Waals surface area contributed by atoms with E-state index in [0.29, 0.717) is 28.4 Å². The van der Waals surface area contributed by atoms with Crippen molar-refractivity contribution in [1.29, 1.82) is 0 Å². The van der Waals surface area contributed by atoms with Gasteiger partial charge in [0.2, 0.25) is 0 Å². The molecule has 0 atom stereocenters. The van der Waals surface area contributed by atoms with Crippen molar-refractivity contribution in [3.8, 4) is 11.5 Å². The lowest BCUT2D eigenvalue weighted by Gasteiger charge is -2.22. The van der Waals surface area contributed by atoms with E-state index in [4.69, 9.17) is 9.84 Å². The van der Waals surface area contributed by atoms with Crippen LogP contribution in [0.2, 0.25) is 0 Å². The number of aromatic carboxylic acids is 1. The zero-order chi connectivity index (χ0) is 21.7. The third kappa shape index (κ3) is 5.17. The Morgan fingerprint density at radius 3 is 2.70 bits per heavy atom. The van der Waals surface area contributed by atoms with Crippen LogP contribution in [0.3, 0.4) is 0 Å². The number of aromatic hydroxyl groups is 1. The Morgan fingerprint density at radius 2 is 2.07 bits per heavy atom. The van der Waals surface area contributed by atoms with E-state index in [0.717, 1.165) is 12.8 Å². The van der Waals surface area contributed by atoms with Gasteiger partial charge < -0.3 is 19.8 Å². The minimum atomic E-state index is -1.10. The van der Waals surface area contributed by atoms with Crippen molar-refractivity contribution in [2.75, 3.05) is 13.7 Å². The van der Waals surface area contributed by atoms with Crippen LogP contribution < -0.4 is 4.74 Å². The number of thiazole rings is 1. The van der Waals surface area contributed by atoms with Crippen molar-refractivity contribution in [2.24, 2.45) is 0 Å². The third-order valence-electron chi connectivity index (χ3n) is 4.66. The number of carbonyl (C=O) groups excluding carboxylic acids is 1. The number of phenolic OH excluding ortho intramolecular Hbond substituents is 1. The Morgan fingerprint density at radius 1 is 1.27 bits per heavy atom. The van der Waals surface area contributed by atoms with Crippen LogP contribution in [0.1, 0.15) is 43.4 Å². The maximum absolute atomic E-state index is 13.2. The molecule has 7 nitrogen and oxygen atoms in total. The normalized spacial score (nSPS) is 10.7. The minimum Gasteiger partial charge on any atom is -0.508 e. The number of thiophene rings is 1. The SMILES string of the molecule is COc1cc(C(=O)N(CCCc2ccsc2)Cc2nc(C(=O)O)cs2)cc(O)c1C. The van der Waals surface area contributed by atoms with Gasteiger partial charge in [0.15, 0.2) is 5.69 Å². The summed E-state index contributed by atoms with van der Waals surface area (Å²) in [5, 5.41) is 25.4. The highest BCUT2D eigenvalue weighted by Gasteiger charge is 2.21. The number of hydrogen-bond donors (Lipinski definition) is 2. The molecule has 1 aromatic carbocycles. The molecule has 3 aromatic rings. The number of phenols is 1. The molecule has 9 heteroatoms. The van der Waals surface area contributed by atoms with Crippen LogP contribution in [0.5, 0.6) is 11.5 Å². The summed E-state index contributed by atoms with van der Waals surface area (Å²) in [6, 6.07) is 5.09. The van der Waals surface area contributed by atoms with Crippen LogP contribution in [0, 0.1) is 6.92 Å². The number of carboxylic acid groups (broad SMARTS) is 1. The zero-order valence-corrected chi connectivity index (χ0v) is 18.3. The molecular formula is C21H22N2O5S2. The topological polar surface area (TPSA) is 100.0 Å². The number of rotatable bonds is 9. The van der Waals surface area contributed by atoms with E-state index in [9.17, 15) is 14.7 Å². The second-order valence-corrected chi connectivity index (χ2v) is 8.44. The summed E-state index contributed by atoms with van der Waals surface area (Å²) in [7, 11) is 1.48. The molecule has 2 heterocycles. The maximum atomic E-state index is 13.2. The first-order chi connectivity index (χ1) is 14.4. The average Bonchev–Trinajstić information content (AvgIpc) is 3.40. The Bertz CT molecular complexity index is 1030. The van der Waals surface area contributed by atoms with Crippen molar-refractivity contribution in [3.05, 3.63) is 61.7 Å². The summed E-state index contributed by atoms with van der Waals surface area (Å²) >= 11 is 2.84. The highest BCUT2D eigenvalue weighted by Crippen LogP contribution is 2.29. The van der Waals surface area contributed by atoms with Gasteiger partial charge in [-0.2, -0.15) is 11.3 Å². The van der Waals surface area contributed by atoms with Crippen LogP contribution in [-0.2, 0) is 13.0 Å². The molecule has 2 N–H and O–H groups in total. The summed E-state index contributed by atoms with van der Waals surface area (Å²) < 4.78 is 5.27. The van der Waals surface area contributed by atoms with Crippen LogP contribution in [-0.4, -0.2) is 45.6 Å². The highest BCUT2D eigenvalue weighted by molar-refractivity contribution is 7.09. The molecule has 0 saturated heterocycles. The van der Waals surface area contributed by atoms with E-state index in [1.54, 1.807) is 29.2 Å². The van der Waals surface area contributed by atoms with E-state index in [1.165, 1.54) is 35.5 Å². The quantitative estimate of drug-likeness (QED) is 0.511. The number of amides is 1. The molecule has 0 bridgehead atoms. The minimum absolute atomic E-state index is 0.0154. The zero-order valence-electron chi connectivity index (χ0n) is 16.6. The molecule has 0 saturated carbocycles. The Balaban J connectivity index is 1.82. The van der Waals surface area contributed by atoms with Gasteiger partial charge in [-0.05, 0) is 54.3 Å². The first-order valence-corrected chi connectivity index (χ1v) is 11.1. The lowest BCUT2D eigenvalue weighted by Crippen LogP contribution is -2.32. The molecule has 3 rings (SSSR count). The Labute approximate surface area is 182 Å². The molecule has 0 spiro atoms. The van der Waals surface area contributed by atoms with E-state index >= 15 is 0 Å². The molecular weight excluding hydrogens is 424 g/mol. The molecule has 2 aromatic heterocycles. The first-order valence-electron chi connectivity index (χ1n) is 9.24. The molecule has 0 aliphatic rings. The Hall–Kier alpha value is -2.91. The van der Waals surface area contributed by atoms with Crippen molar-refractivity contribution in [1.82, 2.24) is 9.88 Å². The molecule has 0 fully saturated rings. The number of aromatic nitrogens is 1. The first kappa shape index (κ1) is 21.8. The monoisotopic (exact) mass is 446 g/mol. The molecule has 0 unspecified atom stereocenters. The molecule has 30 heavy (non-hydrogen) atoms. The van der Waals surface area contributed by atoms with Gasteiger partial charge >= 0.3 is 5.97 Å². The van der Waals surface area contributed by atoms with Crippen LogP contribution >= 0.6 is 22.7 Å². The van der Waals surface area contributed by atoms with Gasteiger partial charge in [-0.15, -0.1) is 11.3 Å². The van der Waals surface area contributed by atoms with Crippen molar-refractivity contribution in [2.45, 2.75) is 26.3 Å². The van der Waals surface area contributed by atoms with Gasteiger partial charge in [-0.1, -0.05) is 0 Å².